The molecule has 0 aliphatic carbocycles. The number of thioether (sulfide) groups is 1. The fraction of sp³-hybridized carbons (Fsp3) is 0.625. The lowest BCUT2D eigenvalue weighted by molar-refractivity contribution is 0.366. The molecule has 1 N–H and O–H groups in total. The van der Waals surface area contributed by atoms with Crippen LogP contribution in [0.3, 0.4) is 0 Å². The van der Waals surface area contributed by atoms with Gasteiger partial charge in [-0.3, -0.25) is 0 Å². The third-order valence-electron chi connectivity index (χ3n) is 3.92. The lowest BCUT2D eigenvalue weighted by atomic mass is 9.91. The summed E-state index contributed by atoms with van der Waals surface area (Å²) in [5, 5.41) is 4.93. The van der Waals surface area contributed by atoms with Crippen molar-refractivity contribution in [3.63, 3.8) is 0 Å². The number of halogens is 2. The van der Waals surface area contributed by atoms with Crippen LogP contribution in [0.5, 0.6) is 0 Å². The van der Waals surface area contributed by atoms with Gasteiger partial charge in [0.25, 0.3) is 0 Å². The van der Waals surface area contributed by atoms with Gasteiger partial charge in [0, 0.05) is 6.04 Å². The molecule has 1 aliphatic rings. The Bertz CT molecular complexity index is 419. The highest BCUT2D eigenvalue weighted by atomic mass is 35.5. The van der Waals surface area contributed by atoms with Crippen molar-refractivity contribution in [3.8, 4) is 0 Å². The number of hydrogen-bond acceptors (Lipinski definition) is 2. The van der Waals surface area contributed by atoms with Crippen LogP contribution in [0, 0.1) is 5.92 Å². The first kappa shape index (κ1) is 16.5. The lowest BCUT2D eigenvalue weighted by Crippen LogP contribution is -2.33. The zero-order valence-corrected chi connectivity index (χ0v) is 14.3. The van der Waals surface area contributed by atoms with Crippen molar-refractivity contribution in [1.29, 1.82) is 0 Å². The van der Waals surface area contributed by atoms with E-state index in [0.29, 0.717) is 16.1 Å². The molecule has 1 saturated heterocycles. The average Bonchev–Trinajstić information content (AvgIpc) is 2.44. The second-order valence-corrected chi connectivity index (χ2v) is 7.54. The Morgan fingerprint density at radius 3 is 2.65 bits per heavy atom. The SMILES string of the molecule is CCNC(Cc1ccc(Cl)c(Cl)c1)CC1CCSCC1. The predicted molar refractivity (Wildman–Crippen MR) is 92.3 cm³/mol. The Morgan fingerprint density at radius 2 is 2.00 bits per heavy atom. The summed E-state index contributed by atoms with van der Waals surface area (Å²) >= 11 is 14.2. The maximum absolute atomic E-state index is 6.11. The quantitative estimate of drug-likeness (QED) is 0.782. The van der Waals surface area contributed by atoms with Crippen molar-refractivity contribution in [3.05, 3.63) is 33.8 Å². The summed E-state index contributed by atoms with van der Waals surface area (Å²) in [6.07, 6.45) is 5.05. The summed E-state index contributed by atoms with van der Waals surface area (Å²) in [6, 6.07) is 6.55. The Kier molecular flexibility index (Phi) is 7.03. The van der Waals surface area contributed by atoms with Crippen LogP contribution in [0.15, 0.2) is 18.2 Å². The summed E-state index contributed by atoms with van der Waals surface area (Å²) in [6.45, 7) is 3.20. The zero-order chi connectivity index (χ0) is 14.4. The minimum absolute atomic E-state index is 0.547. The number of benzene rings is 1. The van der Waals surface area contributed by atoms with Crippen LogP contribution in [0.4, 0.5) is 0 Å². The van der Waals surface area contributed by atoms with Crippen LogP contribution in [0.2, 0.25) is 10.0 Å². The van der Waals surface area contributed by atoms with E-state index in [1.165, 1.54) is 36.3 Å². The fourth-order valence-electron chi connectivity index (χ4n) is 2.86. The second-order valence-electron chi connectivity index (χ2n) is 5.50. The van der Waals surface area contributed by atoms with E-state index in [9.17, 15) is 0 Å². The summed E-state index contributed by atoms with van der Waals surface area (Å²) in [5.41, 5.74) is 1.27. The molecular formula is C16H23Cl2NS. The van der Waals surface area contributed by atoms with Gasteiger partial charge in [0.05, 0.1) is 10.0 Å². The number of nitrogens with one attached hydrogen (secondary N) is 1. The van der Waals surface area contributed by atoms with E-state index in [2.05, 4.69) is 30.1 Å². The third kappa shape index (κ3) is 5.14. The van der Waals surface area contributed by atoms with E-state index in [4.69, 9.17) is 23.2 Å². The Labute approximate surface area is 136 Å². The van der Waals surface area contributed by atoms with Crippen LogP contribution in [0.1, 0.15) is 31.7 Å². The Balaban J connectivity index is 1.94. The molecule has 1 aliphatic heterocycles. The van der Waals surface area contributed by atoms with Crippen molar-refractivity contribution in [2.75, 3.05) is 18.1 Å². The first-order valence-electron chi connectivity index (χ1n) is 7.44. The maximum Gasteiger partial charge on any atom is 0.0595 e. The molecule has 0 amide bonds. The molecule has 0 aromatic heterocycles. The molecule has 2 rings (SSSR count). The minimum atomic E-state index is 0.547. The van der Waals surface area contributed by atoms with Gasteiger partial charge in [0.15, 0.2) is 0 Å². The van der Waals surface area contributed by atoms with Crippen LogP contribution < -0.4 is 5.32 Å². The van der Waals surface area contributed by atoms with Crippen LogP contribution >= 0.6 is 35.0 Å². The van der Waals surface area contributed by atoms with Crippen LogP contribution in [0.25, 0.3) is 0 Å². The number of hydrogen-bond donors (Lipinski definition) is 1. The molecule has 1 aromatic rings. The van der Waals surface area contributed by atoms with E-state index < -0.39 is 0 Å². The van der Waals surface area contributed by atoms with Gasteiger partial charge in [-0.2, -0.15) is 11.8 Å². The van der Waals surface area contributed by atoms with E-state index in [0.717, 1.165) is 18.9 Å². The highest BCUT2D eigenvalue weighted by Crippen LogP contribution is 2.28. The molecule has 112 valence electrons. The molecule has 0 spiro atoms. The van der Waals surface area contributed by atoms with E-state index in [1.807, 2.05) is 12.1 Å². The highest BCUT2D eigenvalue weighted by Gasteiger charge is 2.19. The van der Waals surface area contributed by atoms with E-state index >= 15 is 0 Å². The van der Waals surface area contributed by atoms with Crippen molar-refractivity contribution in [1.82, 2.24) is 5.32 Å². The Morgan fingerprint density at radius 1 is 1.25 bits per heavy atom. The maximum atomic E-state index is 6.11. The van der Waals surface area contributed by atoms with Gasteiger partial charge in [-0.1, -0.05) is 36.2 Å². The van der Waals surface area contributed by atoms with Gasteiger partial charge in [0.2, 0.25) is 0 Å². The second kappa shape index (κ2) is 8.53. The molecule has 1 unspecified atom stereocenters. The summed E-state index contributed by atoms with van der Waals surface area (Å²) in [5.74, 6) is 3.54. The van der Waals surface area contributed by atoms with Gasteiger partial charge in [-0.25, -0.2) is 0 Å². The highest BCUT2D eigenvalue weighted by molar-refractivity contribution is 7.99. The van der Waals surface area contributed by atoms with Crippen LogP contribution in [-0.4, -0.2) is 24.1 Å². The average molecular weight is 332 g/mol. The minimum Gasteiger partial charge on any atom is -0.314 e. The first-order chi connectivity index (χ1) is 9.69. The number of likely N-dealkylation sites (N-methyl/N-ethyl adjacent to an activating group) is 1. The van der Waals surface area contributed by atoms with Gasteiger partial charge >= 0.3 is 0 Å². The molecule has 0 radical (unpaired) electrons. The largest absolute Gasteiger partial charge is 0.314 e. The van der Waals surface area contributed by atoms with Crippen molar-refractivity contribution in [2.24, 2.45) is 5.92 Å². The molecule has 0 bridgehead atoms. The topological polar surface area (TPSA) is 12.0 Å². The summed E-state index contributed by atoms with van der Waals surface area (Å²) in [4.78, 5) is 0. The fourth-order valence-corrected chi connectivity index (χ4v) is 4.39. The molecule has 0 saturated carbocycles. The van der Waals surface area contributed by atoms with Gasteiger partial charge < -0.3 is 5.32 Å². The summed E-state index contributed by atoms with van der Waals surface area (Å²) < 4.78 is 0. The molecule has 1 nitrogen and oxygen atoms in total. The van der Waals surface area contributed by atoms with E-state index in [1.54, 1.807) is 0 Å². The Hall–Kier alpha value is 0.110. The lowest BCUT2D eigenvalue weighted by Gasteiger charge is -2.27. The number of rotatable bonds is 6. The first-order valence-corrected chi connectivity index (χ1v) is 9.35. The van der Waals surface area contributed by atoms with Crippen LogP contribution in [-0.2, 0) is 6.42 Å². The zero-order valence-electron chi connectivity index (χ0n) is 12.0. The molecule has 1 atom stereocenters. The molecule has 4 heteroatoms. The molecule has 1 aromatic carbocycles. The standard InChI is InChI=1S/C16H23Cl2NS/c1-2-19-14(9-12-5-7-20-8-6-12)10-13-3-4-15(17)16(18)11-13/h3-4,11-12,14,19H,2,5-10H2,1H3. The van der Waals surface area contributed by atoms with Gasteiger partial charge in [-0.15, -0.1) is 0 Å². The van der Waals surface area contributed by atoms with Crippen molar-refractivity contribution < 1.29 is 0 Å². The van der Waals surface area contributed by atoms with Gasteiger partial charge in [0.1, 0.15) is 0 Å². The summed E-state index contributed by atoms with van der Waals surface area (Å²) in [7, 11) is 0. The van der Waals surface area contributed by atoms with Gasteiger partial charge in [-0.05, 0) is 67.3 Å². The van der Waals surface area contributed by atoms with Crippen molar-refractivity contribution in [2.45, 2.75) is 38.6 Å². The smallest absolute Gasteiger partial charge is 0.0595 e. The van der Waals surface area contributed by atoms with E-state index in [-0.39, 0.29) is 0 Å². The molecular weight excluding hydrogens is 309 g/mol. The van der Waals surface area contributed by atoms with Crippen molar-refractivity contribution >= 4 is 35.0 Å². The molecule has 1 fully saturated rings. The monoisotopic (exact) mass is 331 g/mol. The predicted octanol–water partition coefficient (Wildman–Crippen LogP) is 5.05. The normalized spacial score (nSPS) is 18.1. The molecule has 1 heterocycles. The molecule has 20 heavy (non-hydrogen) atoms. The third-order valence-corrected chi connectivity index (χ3v) is 5.71.